The van der Waals surface area contributed by atoms with Gasteiger partial charge in [0.15, 0.2) is 0 Å². The summed E-state index contributed by atoms with van der Waals surface area (Å²) in [5.74, 6) is 0.856. The number of alkyl carbamates (subject to hydrolysis) is 1. The number of imidazole rings is 2. The summed E-state index contributed by atoms with van der Waals surface area (Å²) < 4.78 is 9.91. The Hall–Kier alpha value is -5.50. The smallest absolute Gasteiger partial charge is 0.408 e. The summed E-state index contributed by atoms with van der Waals surface area (Å²) in [7, 11) is 1.77. The van der Waals surface area contributed by atoms with Gasteiger partial charge in [0.2, 0.25) is 11.8 Å². The number of likely N-dealkylation sites (N-methyl/N-ethyl adjacent to an activating group) is 1. The van der Waals surface area contributed by atoms with Gasteiger partial charge in [-0.3, -0.25) is 14.4 Å². The first kappa shape index (κ1) is 49.9. The van der Waals surface area contributed by atoms with Gasteiger partial charge in [-0.05, 0) is 109 Å². The highest BCUT2D eigenvalue weighted by molar-refractivity contribution is 5.89. The number of nitrogens with zero attached hydrogens (tertiary/aromatic N) is 2. The first-order chi connectivity index (χ1) is 27.9. The van der Waals surface area contributed by atoms with Crippen molar-refractivity contribution in [2.24, 2.45) is 10.8 Å². The van der Waals surface area contributed by atoms with Crippen molar-refractivity contribution in [2.75, 3.05) is 7.05 Å². The molecule has 61 heavy (non-hydrogen) atoms. The zero-order chi connectivity index (χ0) is 46.4. The predicted octanol–water partition coefficient (Wildman–Crippen LogP) is 8.80. The molecule has 0 saturated carbocycles. The standard InChI is InChI=1S/C42H60N8O4.C5H10O2/c1-38(2,3)31(48-35(51)41(10,11)43-14)33-44-23-29(46-33)27-19-15-25(16-20-27)26-17-21-28(22-18-26)30-24-45-34(47-30)32(39(4,5)6)49-36(52)42(12,13)50-37(53)54-40(7,8)9;1-5(2,3)7-4-6/h15-24,31-32,43H,1-14H3,(H,44,46)(H,45,47)(H,48,51)(H,49,52)(H,50,53);4H,1-3H3. The Bertz CT molecular complexity index is 2090. The molecule has 14 nitrogen and oxygen atoms in total. The topological polar surface area (TPSA) is 192 Å². The van der Waals surface area contributed by atoms with E-state index < -0.39 is 34.2 Å². The van der Waals surface area contributed by atoms with Crippen molar-refractivity contribution in [3.8, 4) is 33.6 Å². The molecule has 2 aromatic carbocycles. The van der Waals surface area contributed by atoms with Crippen LogP contribution in [0.5, 0.6) is 0 Å². The minimum Gasteiger partial charge on any atom is -0.462 e. The van der Waals surface area contributed by atoms with E-state index >= 15 is 0 Å². The Morgan fingerprint density at radius 3 is 1.23 bits per heavy atom. The second kappa shape index (κ2) is 19.0. The molecule has 2 heterocycles. The van der Waals surface area contributed by atoms with Crippen LogP contribution in [0.3, 0.4) is 0 Å². The lowest BCUT2D eigenvalue weighted by Crippen LogP contribution is -2.57. The van der Waals surface area contributed by atoms with Crippen molar-refractivity contribution in [1.82, 2.24) is 41.2 Å². The molecule has 6 N–H and O–H groups in total. The van der Waals surface area contributed by atoms with Crippen LogP contribution in [0.25, 0.3) is 33.6 Å². The summed E-state index contributed by atoms with van der Waals surface area (Å²) in [5, 5.41) is 12.0. The van der Waals surface area contributed by atoms with Crippen molar-refractivity contribution in [3.63, 3.8) is 0 Å². The Balaban J connectivity index is 0.00000130. The number of rotatable bonds is 12. The summed E-state index contributed by atoms with van der Waals surface area (Å²) in [6.07, 6.45) is 2.91. The summed E-state index contributed by atoms with van der Waals surface area (Å²) in [6.45, 7) is 30.5. The van der Waals surface area contributed by atoms with Crippen LogP contribution in [-0.4, -0.2) is 73.6 Å². The maximum Gasteiger partial charge on any atom is 0.408 e. The highest BCUT2D eigenvalue weighted by atomic mass is 16.6. The van der Waals surface area contributed by atoms with E-state index in [0.29, 0.717) is 18.1 Å². The molecular weight excluding hydrogens is 773 g/mol. The Morgan fingerprint density at radius 2 is 0.934 bits per heavy atom. The Labute approximate surface area is 362 Å². The fourth-order valence-electron chi connectivity index (χ4n) is 5.83. The van der Waals surface area contributed by atoms with Crippen molar-refractivity contribution >= 4 is 24.4 Å². The molecule has 0 spiro atoms. The summed E-state index contributed by atoms with van der Waals surface area (Å²) in [6, 6.07) is 15.7. The van der Waals surface area contributed by atoms with Crippen molar-refractivity contribution < 1.29 is 28.7 Å². The van der Waals surface area contributed by atoms with E-state index in [0.717, 1.165) is 33.6 Å². The van der Waals surface area contributed by atoms with Gasteiger partial charge in [0.25, 0.3) is 6.47 Å². The Morgan fingerprint density at radius 1 is 0.574 bits per heavy atom. The highest BCUT2D eigenvalue weighted by Crippen LogP contribution is 2.35. The van der Waals surface area contributed by atoms with Crippen LogP contribution >= 0.6 is 0 Å². The summed E-state index contributed by atoms with van der Waals surface area (Å²) in [5.41, 5.74) is 2.11. The van der Waals surface area contributed by atoms with Crippen LogP contribution < -0.4 is 21.3 Å². The number of amides is 3. The number of aromatic nitrogens is 4. The molecule has 0 fully saturated rings. The number of aromatic amines is 2. The molecule has 0 aliphatic heterocycles. The SMILES string of the molecule is CC(C)(C)OC=O.CNC(C)(C)C(=O)NC(c1ncc(-c2ccc(-c3ccc(-c4cnc(C(NC(=O)C(C)(C)NC(=O)OC(C)(C)C)C(C)(C)C)[nH]4)cc3)cc2)[nH]1)C(C)(C)C. The molecule has 4 aromatic rings. The fourth-order valence-corrected chi connectivity index (χ4v) is 5.83. The zero-order valence-corrected chi connectivity index (χ0v) is 39.3. The molecular formula is C47H70N8O6. The number of ether oxygens (including phenoxy) is 2. The maximum absolute atomic E-state index is 13.4. The number of benzene rings is 2. The van der Waals surface area contributed by atoms with Gasteiger partial charge in [-0.15, -0.1) is 0 Å². The van der Waals surface area contributed by atoms with Gasteiger partial charge in [-0.2, -0.15) is 0 Å². The van der Waals surface area contributed by atoms with Crippen molar-refractivity contribution in [2.45, 2.75) is 145 Å². The number of hydrogen-bond acceptors (Lipinski definition) is 9. The van der Waals surface area contributed by atoms with Gasteiger partial charge < -0.3 is 40.7 Å². The van der Waals surface area contributed by atoms with Gasteiger partial charge in [0.1, 0.15) is 28.4 Å². The van der Waals surface area contributed by atoms with Crippen LogP contribution in [-0.2, 0) is 23.9 Å². The molecule has 4 rings (SSSR count). The largest absolute Gasteiger partial charge is 0.462 e. The lowest BCUT2D eigenvalue weighted by atomic mass is 9.85. The molecule has 2 atom stereocenters. The molecule has 0 radical (unpaired) electrons. The van der Waals surface area contributed by atoms with Crippen LogP contribution in [0.15, 0.2) is 60.9 Å². The zero-order valence-electron chi connectivity index (χ0n) is 39.3. The van der Waals surface area contributed by atoms with Crippen LogP contribution in [0, 0.1) is 10.8 Å². The molecule has 0 saturated heterocycles. The fraction of sp³-hybridized carbons (Fsp3) is 0.532. The van der Waals surface area contributed by atoms with Gasteiger partial charge in [-0.25, -0.2) is 14.8 Å². The monoisotopic (exact) mass is 843 g/mol. The second-order valence-electron chi connectivity index (χ2n) is 20.5. The van der Waals surface area contributed by atoms with E-state index in [1.54, 1.807) is 47.9 Å². The average molecular weight is 843 g/mol. The minimum absolute atomic E-state index is 0.0977. The number of carbonyl (C=O) groups excluding carboxylic acids is 4. The molecule has 0 aliphatic carbocycles. The van der Waals surface area contributed by atoms with Gasteiger partial charge in [-0.1, -0.05) is 90.1 Å². The van der Waals surface area contributed by atoms with Crippen molar-refractivity contribution in [1.29, 1.82) is 0 Å². The molecule has 334 valence electrons. The van der Waals surface area contributed by atoms with E-state index in [1.165, 1.54) is 0 Å². The summed E-state index contributed by atoms with van der Waals surface area (Å²) in [4.78, 5) is 64.7. The third-order valence-electron chi connectivity index (χ3n) is 9.72. The molecule has 14 heteroatoms. The van der Waals surface area contributed by atoms with E-state index in [2.05, 4.69) is 103 Å². The van der Waals surface area contributed by atoms with Gasteiger partial charge in [0.05, 0.1) is 41.4 Å². The van der Waals surface area contributed by atoms with E-state index in [4.69, 9.17) is 4.74 Å². The van der Waals surface area contributed by atoms with Crippen LogP contribution in [0.4, 0.5) is 4.79 Å². The number of hydrogen-bond donors (Lipinski definition) is 6. The van der Waals surface area contributed by atoms with Crippen LogP contribution in [0.2, 0.25) is 0 Å². The molecule has 2 aromatic heterocycles. The minimum atomic E-state index is -1.23. The first-order valence-corrected chi connectivity index (χ1v) is 20.6. The molecule has 2 unspecified atom stereocenters. The maximum atomic E-state index is 13.4. The first-order valence-electron chi connectivity index (χ1n) is 20.6. The second-order valence-corrected chi connectivity index (χ2v) is 20.5. The average Bonchev–Trinajstić information content (AvgIpc) is 3.81. The molecule has 3 amide bonds. The highest BCUT2D eigenvalue weighted by Gasteiger charge is 2.38. The quantitative estimate of drug-likeness (QED) is 0.0757. The summed E-state index contributed by atoms with van der Waals surface area (Å²) >= 11 is 0. The third-order valence-corrected chi connectivity index (χ3v) is 9.72. The van der Waals surface area contributed by atoms with E-state index in [1.807, 2.05) is 73.7 Å². The van der Waals surface area contributed by atoms with Crippen molar-refractivity contribution in [3.05, 3.63) is 72.6 Å². The predicted molar refractivity (Wildman–Crippen MR) is 241 cm³/mol. The van der Waals surface area contributed by atoms with E-state index in [9.17, 15) is 19.2 Å². The molecule has 0 aliphatic rings. The molecule has 0 bridgehead atoms. The number of nitrogens with one attached hydrogen (secondary N) is 6. The lowest BCUT2D eigenvalue weighted by Gasteiger charge is -2.34. The lowest BCUT2D eigenvalue weighted by molar-refractivity contribution is -0.138. The Kier molecular flexibility index (Phi) is 15.6. The number of carbonyl (C=O) groups is 4. The third kappa shape index (κ3) is 14.6. The van der Waals surface area contributed by atoms with Crippen LogP contribution in [0.1, 0.15) is 135 Å². The number of H-pyrrole nitrogens is 2. The van der Waals surface area contributed by atoms with Gasteiger partial charge in [0, 0.05) is 0 Å². The van der Waals surface area contributed by atoms with Gasteiger partial charge >= 0.3 is 6.09 Å². The normalized spacial score (nSPS) is 13.5. The van der Waals surface area contributed by atoms with E-state index in [-0.39, 0.29) is 28.9 Å².